The van der Waals surface area contributed by atoms with Crippen LogP contribution in [-0.2, 0) is 17.7 Å². The van der Waals surface area contributed by atoms with Gasteiger partial charge >= 0.3 is 0 Å². The van der Waals surface area contributed by atoms with Crippen LogP contribution in [0.2, 0.25) is 0 Å². The number of aliphatic hydroxyl groups excluding tert-OH is 1. The van der Waals surface area contributed by atoms with Gasteiger partial charge in [0.15, 0.2) is 0 Å². The van der Waals surface area contributed by atoms with Crippen LogP contribution in [0, 0.1) is 5.92 Å². The molecule has 6 heterocycles. The number of halogens is 2. The Balaban J connectivity index is 1.19. The number of amides is 1. The molecule has 0 spiro atoms. The first-order chi connectivity index (χ1) is 15.9. The van der Waals surface area contributed by atoms with E-state index in [1.54, 1.807) is 0 Å². The number of hydrogen-bond donors (Lipinski definition) is 3. The second-order valence-electron chi connectivity index (χ2n) is 9.76. The van der Waals surface area contributed by atoms with Crippen LogP contribution < -0.4 is 4.90 Å². The summed E-state index contributed by atoms with van der Waals surface area (Å²) < 4.78 is 32.2. The average molecular weight is 462 g/mol. The number of aromatic amines is 2. The van der Waals surface area contributed by atoms with Gasteiger partial charge in [0.2, 0.25) is 0 Å². The highest BCUT2D eigenvalue weighted by molar-refractivity contribution is 5.94. The highest BCUT2D eigenvalue weighted by Gasteiger charge is 2.37. The Morgan fingerprint density at radius 1 is 1.15 bits per heavy atom. The van der Waals surface area contributed by atoms with Crippen LogP contribution in [0.4, 0.5) is 20.4 Å². The predicted molar refractivity (Wildman–Crippen MR) is 117 cm³/mol. The normalized spacial score (nSPS) is 25.1. The van der Waals surface area contributed by atoms with E-state index in [0.717, 1.165) is 67.6 Å². The fourth-order valence-corrected chi connectivity index (χ4v) is 5.40. The lowest BCUT2D eigenvalue weighted by atomic mass is 10.1. The highest BCUT2D eigenvalue weighted by atomic mass is 19.3. The van der Waals surface area contributed by atoms with Crippen LogP contribution in [0.3, 0.4) is 0 Å². The van der Waals surface area contributed by atoms with Gasteiger partial charge in [0, 0.05) is 51.5 Å². The molecule has 3 N–H and O–H groups in total. The molecule has 0 aromatic carbocycles. The summed E-state index contributed by atoms with van der Waals surface area (Å²) in [5, 5.41) is 10.8. The van der Waals surface area contributed by atoms with Crippen molar-refractivity contribution in [1.82, 2.24) is 19.8 Å². The van der Waals surface area contributed by atoms with Gasteiger partial charge in [-0.3, -0.25) is 9.69 Å². The maximum atomic E-state index is 13.5. The maximum absolute atomic E-state index is 13.5. The molecule has 4 aliphatic rings. The molecule has 2 aromatic heterocycles. The maximum Gasteiger partial charge on any atom is 0.270 e. The van der Waals surface area contributed by atoms with Crippen LogP contribution >= 0.6 is 0 Å². The third-order valence-electron chi connectivity index (χ3n) is 7.37. The van der Waals surface area contributed by atoms with Crippen LogP contribution in [0.15, 0.2) is 12.1 Å². The molecule has 1 amide bonds. The Hall–Kier alpha value is -2.43. The zero-order chi connectivity index (χ0) is 22.7. The van der Waals surface area contributed by atoms with Gasteiger partial charge in [-0.25, -0.2) is 8.78 Å². The van der Waals surface area contributed by atoms with E-state index in [2.05, 4.69) is 25.8 Å². The number of carbonyl (C=O) groups excluding carboxylic acids is 1. The molecule has 178 valence electrons. The molecule has 1 atom stereocenters. The van der Waals surface area contributed by atoms with Gasteiger partial charge in [0.1, 0.15) is 23.6 Å². The van der Waals surface area contributed by atoms with Crippen molar-refractivity contribution in [1.29, 1.82) is 0 Å². The topological polar surface area (TPSA) is 87.8 Å². The van der Waals surface area contributed by atoms with Gasteiger partial charge in [-0.05, 0) is 36.1 Å². The van der Waals surface area contributed by atoms with E-state index >= 15 is 0 Å². The minimum Gasteiger partial charge on any atom is -0.381 e. The zero-order valence-corrected chi connectivity index (χ0v) is 18.4. The largest absolute Gasteiger partial charge is 0.381 e. The third kappa shape index (κ3) is 3.74. The third-order valence-corrected chi connectivity index (χ3v) is 7.37. The summed E-state index contributed by atoms with van der Waals surface area (Å²) >= 11 is 0. The Kier molecular flexibility index (Phi) is 5.00. The Bertz CT molecular complexity index is 1050. The van der Waals surface area contributed by atoms with Crippen LogP contribution in [0.5, 0.6) is 0 Å². The van der Waals surface area contributed by atoms with E-state index in [1.165, 1.54) is 4.90 Å². The number of carbonyl (C=O) groups is 1. The molecule has 8 nitrogen and oxygen atoms in total. The molecule has 0 bridgehead atoms. The Morgan fingerprint density at radius 2 is 1.94 bits per heavy atom. The quantitative estimate of drug-likeness (QED) is 0.652. The van der Waals surface area contributed by atoms with E-state index in [-0.39, 0.29) is 31.8 Å². The van der Waals surface area contributed by atoms with Crippen LogP contribution in [-0.4, -0.2) is 76.1 Å². The highest BCUT2D eigenvalue weighted by Crippen LogP contribution is 2.39. The number of alkyl halides is 2. The lowest BCUT2D eigenvalue weighted by Gasteiger charge is -2.32. The van der Waals surface area contributed by atoms with E-state index in [4.69, 9.17) is 4.74 Å². The molecule has 33 heavy (non-hydrogen) atoms. The SMILES string of the molecule is O=C(c1cc2c([nH]1)N(c1cc3c([nH]1)C(O)N(CC1COC1)C3)CCC2)N1CCC(F)(F)CC1. The lowest BCUT2D eigenvalue weighted by Crippen LogP contribution is -2.42. The monoisotopic (exact) mass is 461 g/mol. The molecule has 2 fully saturated rings. The van der Waals surface area contributed by atoms with E-state index in [0.29, 0.717) is 18.2 Å². The molecule has 2 saturated heterocycles. The van der Waals surface area contributed by atoms with Crippen molar-refractivity contribution >= 4 is 17.5 Å². The summed E-state index contributed by atoms with van der Waals surface area (Å²) in [6, 6.07) is 3.95. The Morgan fingerprint density at radius 3 is 2.64 bits per heavy atom. The van der Waals surface area contributed by atoms with Gasteiger partial charge in [0.05, 0.1) is 18.9 Å². The molecule has 1 unspecified atom stereocenters. The zero-order valence-electron chi connectivity index (χ0n) is 18.4. The standard InChI is InChI=1S/C23H29F2N5O3/c24-23(25)3-6-28(7-4-23)21(31)17-8-15-2-1-5-30(20(15)26-17)18-9-16-11-29(10-14-12-33-13-14)22(32)19(16)27-18/h8-9,14,22,26-27,32H,1-7,10-13H2. The number of likely N-dealkylation sites (tertiary alicyclic amines) is 1. The second kappa shape index (κ2) is 7.82. The number of rotatable bonds is 4. The first-order valence-electron chi connectivity index (χ1n) is 11.8. The molecule has 0 radical (unpaired) electrons. The molecule has 2 aromatic rings. The smallest absolute Gasteiger partial charge is 0.270 e. The van der Waals surface area contributed by atoms with E-state index in [9.17, 15) is 18.7 Å². The summed E-state index contributed by atoms with van der Waals surface area (Å²) in [5.41, 5.74) is 3.41. The molecule has 0 saturated carbocycles. The number of fused-ring (bicyclic) bond motifs is 2. The van der Waals surface area contributed by atoms with Crippen LogP contribution in [0.1, 0.15) is 52.8 Å². The summed E-state index contributed by atoms with van der Waals surface area (Å²) in [6.45, 7) is 3.96. The number of ether oxygens (including phenoxy) is 1. The Labute approximate surface area is 190 Å². The number of aromatic nitrogens is 2. The van der Waals surface area contributed by atoms with Gasteiger partial charge < -0.3 is 29.6 Å². The van der Waals surface area contributed by atoms with Gasteiger partial charge in [-0.2, -0.15) is 0 Å². The van der Waals surface area contributed by atoms with Crippen molar-refractivity contribution in [3.05, 3.63) is 34.6 Å². The molecular weight excluding hydrogens is 432 g/mol. The number of aliphatic hydroxyl groups is 1. The van der Waals surface area contributed by atoms with Crippen molar-refractivity contribution in [2.45, 2.75) is 44.4 Å². The number of H-pyrrole nitrogens is 2. The minimum absolute atomic E-state index is 0.0734. The average Bonchev–Trinajstić information content (AvgIpc) is 3.44. The number of piperidine rings is 1. The molecule has 10 heteroatoms. The van der Waals surface area contributed by atoms with Crippen molar-refractivity contribution in [3.63, 3.8) is 0 Å². The van der Waals surface area contributed by atoms with Gasteiger partial charge in [-0.15, -0.1) is 0 Å². The fourth-order valence-electron chi connectivity index (χ4n) is 5.40. The summed E-state index contributed by atoms with van der Waals surface area (Å²) in [5.74, 6) is -0.661. The molecule has 4 aliphatic heterocycles. The first kappa shape index (κ1) is 21.1. The van der Waals surface area contributed by atoms with Crippen molar-refractivity contribution in [3.8, 4) is 0 Å². The van der Waals surface area contributed by atoms with Crippen molar-refractivity contribution < 1.29 is 23.4 Å². The summed E-state index contributed by atoms with van der Waals surface area (Å²) in [4.78, 5) is 25.3. The summed E-state index contributed by atoms with van der Waals surface area (Å²) in [7, 11) is 0. The van der Waals surface area contributed by atoms with Crippen molar-refractivity contribution in [2.75, 3.05) is 44.3 Å². The number of hydrogen-bond acceptors (Lipinski definition) is 5. The minimum atomic E-state index is -2.68. The first-order valence-corrected chi connectivity index (χ1v) is 11.8. The predicted octanol–water partition coefficient (Wildman–Crippen LogP) is 2.75. The summed E-state index contributed by atoms with van der Waals surface area (Å²) in [6.07, 6.45) is 0.568. The fraction of sp³-hybridized carbons (Fsp3) is 0.609. The van der Waals surface area contributed by atoms with E-state index in [1.807, 2.05) is 6.07 Å². The molecule has 6 rings (SSSR count). The number of anilines is 2. The molecule has 0 aliphatic carbocycles. The number of nitrogens with one attached hydrogen (secondary N) is 2. The number of aryl methyl sites for hydroxylation is 1. The molecular formula is C23H29F2N5O3. The van der Waals surface area contributed by atoms with Gasteiger partial charge in [0.25, 0.3) is 11.8 Å². The van der Waals surface area contributed by atoms with Gasteiger partial charge in [-0.1, -0.05) is 0 Å². The number of nitrogens with zero attached hydrogens (tertiary/aromatic N) is 3. The van der Waals surface area contributed by atoms with Crippen molar-refractivity contribution in [2.24, 2.45) is 5.92 Å². The lowest BCUT2D eigenvalue weighted by molar-refractivity contribution is -0.0758. The second-order valence-corrected chi connectivity index (χ2v) is 9.76. The van der Waals surface area contributed by atoms with Crippen LogP contribution in [0.25, 0.3) is 0 Å². The van der Waals surface area contributed by atoms with E-state index < -0.39 is 12.2 Å².